The smallest absolute Gasteiger partial charge is 0.155 e. The fourth-order valence-corrected chi connectivity index (χ4v) is 1.94. The monoisotopic (exact) mass is 251 g/mol. The zero-order valence-electron chi connectivity index (χ0n) is 10.9. The fourth-order valence-electron chi connectivity index (χ4n) is 1.94. The van der Waals surface area contributed by atoms with Crippen LogP contribution in [0.1, 0.15) is 26.7 Å². The molecule has 0 bridgehead atoms. The van der Waals surface area contributed by atoms with E-state index in [0.29, 0.717) is 17.3 Å². The second-order valence-corrected chi connectivity index (χ2v) is 4.80. The van der Waals surface area contributed by atoms with E-state index in [-0.39, 0.29) is 12.1 Å². The summed E-state index contributed by atoms with van der Waals surface area (Å²) in [6.45, 7) is 5.68. The van der Waals surface area contributed by atoms with Gasteiger partial charge in [0.2, 0.25) is 0 Å². The van der Waals surface area contributed by atoms with Crippen molar-refractivity contribution in [3.8, 4) is 0 Å². The quantitative estimate of drug-likeness (QED) is 0.735. The minimum atomic E-state index is 0.265. The van der Waals surface area contributed by atoms with Crippen molar-refractivity contribution >= 4 is 17.3 Å². The number of nitrogens with one attached hydrogen (secondary N) is 2. The first-order valence-electron chi connectivity index (χ1n) is 6.39. The number of nitrogen functional groups attached to an aromatic ring is 1. The maximum Gasteiger partial charge on any atom is 0.155 e. The third-order valence-corrected chi connectivity index (χ3v) is 2.83. The van der Waals surface area contributed by atoms with E-state index >= 15 is 0 Å². The van der Waals surface area contributed by atoms with Gasteiger partial charge in [-0.25, -0.2) is 9.97 Å². The molecule has 2 heterocycles. The van der Waals surface area contributed by atoms with Gasteiger partial charge in [-0.05, 0) is 26.7 Å². The van der Waals surface area contributed by atoms with Gasteiger partial charge in [-0.15, -0.1) is 0 Å². The highest BCUT2D eigenvalue weighted by Crippen LogP contribution is 2.23. The van der Waals surface area contributed by atoms with Crippen molar-refractivity contribution in [1.29, 1.82) is 0 Å². The molecule has 2 rings (SSSR count). The first-order chi connectivity index (χ1) is 8.66. The molecule has 18 heavy (non-hydrogen) atoms. The molecule has 0 radical (unpaired) electrons. The summed E-state index contributed by atoms with van der Waals surface area (Å²) in [5.41, 5.74) is 6.58. The van der Waals surface area contributed by atoms with E-state index < -0.39 is 0 Å². The van der Waals surface area contributed by atoms with Gasteiger partial charge in [0.05, 0.1) is 6.10 Å². The second kappa shape index (κ2) is 5.86. The number of hydrogen-bond donors (Lipinski definition) is 3. The van der Waals surface area contributed by atoms with Gasteiger partial charge in [-0.2, -0.15) is 0 Å². The number of aromatic nitrogens is 2. The predicted octanol–water partition coefficient (Wildman–Crippen LogP) is 1.47. The lowest BCUT2D eigenvalue weighted by Crippen LogP contribution is -2.20. The molecule has 1 aromatic heterocycles. The summed E-state index contributed by atoms with van der Waals surface area (Å²) in [7, 11) is 0. The third kappa shape index (κ3) is 3.22. The largest absolute Gasteiger partial charge is 0.393 e. The van der Waals surface area contributed by atoms with Gasteiger partial charge in [-0.3, -0.25) is 0 Å². The summed E-state index contributed by atoms with van der Waals surface area (Å²) < 4.78 is 5.55. The van der Waals surface area contributed by atoms with E-state index in [1.54, 1.807) is 0 Å². The molecule has 0 aromatic carbocycles. The molecule has 1 fully saturated rings. The zero-order chi connectivity index (χ0) is 13.0. The Bertz CT molecular complexity index is 390. The Morgan fingerprint density at radius 1 is 1.44 bits per heavy atom. The van der Waals surface area contributed by atoms with Gasteiger partial charge in [0.15, 0.2) is 11.6 Å². The molecule has 0 amide bonds. The van der Waals surface area contributed by atoms with E-state index in [2.05, 4.69) is 20.6 Å². The molecule has 0 aliphatic carbocycles. The Kier molecular flexibility index (Phi) is 4.19. The van der Waals surface area contributed by atoms with Crippen LogP contribution in [0, 0.1) is 0 Å². The molecule has 1 saturated heterocycles. The Morgan fingerprint density at radius 3 is 2.89 bits per heavy atom. The lowest BCUT2D eigenvalue weighted by molar-refractivity contribution is 0.120. The lowest BCUT2D eigenvalue weighted by atomic mass is 10.2. The number of anilines is 3. The summed E-state index contributed by atoms with van der Waals surface area (Å²) >= 11 is 0. The standard InChI is InChI=1S/C12H21N5O/c1-8(2)17-12-10(13)11(15-7-16-12)14-6-9-4-3-5-18-9/h7-9H,3-6,13H2,1-2H3,(H2,14,15,16,17). The molecule has 1 aliphatic heterocycles. The van der Waals surface area contributed by atoms with Crippen LogP contribution in [0.4, 0.5) is 17.3 Å². The van der Waals surface area contributed by atoms with E-state index in [4.69, 9.17) is 10.5 Å². The zero-order valence-corrected chi connectivity index (χ0v) is 10.9. The van der Waals surface area contributed by atoms with Gasteiger partial charge >= 0.3 is 0 Å². The molecule has 1 aliphatic rings. The molecule has 1 aromatic rings. The van der Waals surface area contributed by atoms with E-state index in [0.717, 1.165) is 26.0 Å². The molecule has 100 valence electrons. The molecule has 0 spiro atoms. The highest BCUT2D eigenvalue weighted by atomic mass is 16.5. The van der Waals surface area contributed by atoms with Crippen LogP contribution in [0.5, 0.6) is 0 Å². The van der Waals surface area contributed by atoms with Crippen molar-refractivity contribution in [3.63, 3.8) is 0 Å². The van der Waals surface area contributed by atoms with Gasteiger partial charge in [0.1, 0.15) is 12.0 Å². The Morgan fingerprint density at radius 2 is 2.22 bits per heavy atom. The van der Waals surface area contributed by atoms with E-state index in [1.165, 1.54) is 6.33 Å². The first kappa shape index (κ1) is 12.9. The number of hydrogen-bond acceptors (Lipinski definition) is 6. The Labute approximate surface area is 107 Å². The predicted molar refractivity (Wildman–Crippen MR) is 72.7 cm³/mol. The van der Waals surface area contributed by atoms with Gasteiger partial charge in [0.25, 0.3) is 0 Å². The van der Waals surface area contributed by atoms with Crippen LogP contribution in [0.15, 0.2) is 6.33 Å². The van der Waals surface area contributed by atoms with E-state index in [1.807, 2.05) is 13.8 Å². The summed E-state index contributed by atoms with van der Waals surface area (Å²) in [4.78, 5) is 8.30. The molecular formula is C12H21N5O. The third-order valence-electron chi connectivity index (χ3n) is 2.83. The first-order valence-corrected chi connectivity index (χ1v) is 6.39. The van der Waals surface area contributed by atoms with Crippen LogP contribution in [-0.4, -0.2) is 35.3 Å². The van der Waals surface area contributed by atoms with Crippen LogP contribution in [0.2, 0.25) is 0 Å². The Hall–Kier alpha value is -1.56. The molecule has 6 nitrogen and oxygen atoms in total. The summed E-state index contributed by atoms with van der Waals surface area (Å²) in [6, 6.07) is 0.285. The Balaban J connectivity index is 1.98. The van der Waals surface area contributed by atoms with Crippen molar-refractivity contribution < 1.29 is 4.74 Å². The summed E-state index contributed by atoms with van der Waals surface area (Å²) in [5.74, 6) is 1.35. The van der Waals surface area contributed by atoms with Crippen molar-refractivity contribution in [1.82, 2.24) is 9.97 Å². The topological polar surface area (TPSA) is 85.1 Å². The van der Waals surface area contributed by atoms with Crippen molar-refractivity contribution in [3.05, 3.63) is 6.33 Å². The van der Waals surface area contributed by atoms with Crippen LogP contribution in [0.25, 0.3) is 0 Å². The maximum absolute atomic E-state index is 6.03. The van der Waals surface area contributed by atoms with Crippen molar-refractivity contribution in [2.45, 2.75) is 38.8 Å². The lowest BCUT2D eigenvalue weighted by Gasteiger charge is -2.16. The number of nitrogens with two attached hydrogens (primary N) is 1. The molecule has 0 saturated carbocycles. The number of rotatable bonds is 5. The van der Waals surface area contributed by atoms with Crippen molar-refractivity contribution in [2.75, 3.05) is 29.5 Å². The minimum Gasteiger partial charge on any atom is -0.393 e. The molecule has 1 unspecified atom stereocenters. The van der Waals surface area contributed by atoms with Crippen LogP contribution >= 0.6 is 0 Å². The molecule has 1 atom stereocenters. The minimum absolute atomic E-state index is 0.265. The summed E-state index contributed by atoms with van der Waals surface area (Å²) in [5, 5.41) is 6.42. The highest BCUT2D eigenvalue weighted by Gasteiger charge is 2.16. The van der Waals surface area contributed by atoms with Crippen LogP contribution in [-0.2, 0) is 4.74 Å². The van der Waals surface area contributed by atoms with Crippen LogP contribution < -0.4 is 16.4 Å². The fraction of sp³-hybridized carbons (Fsp3) is 0.667. The normalized spacial score (nSPS) is 19.2. The van der Waals surface area contributed by atoms with E-state index in [9.17, 15) is 0 Å². The average molecular weight is 251 g/mol. The molecule has 4 N–H and O–H groups in total. The maximum atomic E-state index is 6.03. The van der Waals surface area contributed by atoms with Crippen molar-refractivity contribution in [2.24, 2.45) is 0 Å². The number of nitrogens with zero attached hydrogens (tertiary/aromatic N) is 2. The van der Waals surface area contributed by atoms with Gasteiger partial charge in [0, 0.05) is 19.2 Å². The number of ether oxygens (including phenoxy) is 1. The van der Waals surface area contributed by atoms with Gasteiger partial charge in [-0.1, -0.05) is 0 Å². The highest BCUT2D eigenvalue weighted by molar-refractivity contribution is 5.74. The summed E-state index contributed by atoms with van der Waals surface area (Å²) in [6.07, 6.45) is 4.00. The molecular weight excluding hydrogens is 230 g/mol. The average Bonchev–Trinajstić information content (AvgIpc) is 2.83. The van der Waals surface area contributed by atoms with Gasteiger partial charge < -0.3 is 21.1 Å². The second-order valence-electron chi connectivity index (χ2n) is 4.80. The molecule has 6 heteroatoms. The SMILES string of the molecule is CC(C)Nc1ncnc(NCC2CCCO2)c1N. The van der Waals surface area contributed by atoms with Crippen LogP contribution in [0.3, 0.4) is 0 Å².